The predicted octanol–water partition coefficient (Wildman–Crippen LogP) is 1.95. The summed E-state index contributed by atoms with van der Waals surface area (Å²) in [5.74, 6) is -0.238. The summed E-state index contributed by atoms with van der Waals surface area (Å²) >= 11 is 0. The van der Waals surface area contributed by atoms with Crippen molar-refractivity contribution in [3.05, 3.63) is 79.9 Å². The van der Waals surface area contributed by atoms with E-state index in [0.29, 0.717) is 29.7 Å². The van der Waals surface area contributed by atoms with Gasteiger partial charge >= 0.3 is 11.1 Å². The fourth-order valence-electron chi connectivity index (χ4n) is 2.72. The third kappa shape index (κ3) is 3.38. The number of nitrogens with one attached hydrogen (secondary N) is 2. The molecule has 0 spiro atoms. The summed E-state index contributed by atoms with van der Waals surface area (Å²) in [5.41, 5.74) is 2.38. The molecule has 0 saturated heterocycles. The van der Waals surface area contributed by atoms with Gasteiger partial charge in [0.2, 0.25) is 0 Å². The molecule has 0 bridgehead atoms. The van der Waals surface area contributed by atoms with Gasteiger partial charge in [-0.15, -0.1) is 0 Å². The van der Waals surface area contributed by atoms with Gasteiger partial charge in [0.15, 0.2) is 0 Å². The molecular weight excluding hydrogens is 318 g/mol. The van der Waals surface area contributed by atoms with E-state index in [9.17, 15) is 14.4 Å². The SMILES string of the molecule is CCn1c(=O)c(=O)[nH]c2cc(C(=O)NCc3ccc(C)cc3)ccc21. The molecule has 0 aliphatic heterocycles. The van der Waals surface area contributed by atoms with Crippen molar-refractivity contribution in [1.29, 1.82) is 0 Å². The van der Waals surface area contributed by atoms with Gasteiger partial charge in [0.05, 0.1) is 11.0 Å². The van der Waals surface area contributed by atoms with Crippen LogP contribution in [0.5, 0.6) is 0 Å². The summed E-state index contributed by atoms with van der Waals surface area (Å²) in [7, 11) is 0. The van der Waals surface area contributed by atoms with Crippen LogP contribution in [0.3, 0.4) is 0 Å². The largest absolute Gasteiger partial charge is 0.348 e. The number of aryl methyl sites for hydroxylation is 2. The molecule has 2 aromatic carbocycles. The molecule has 0 atom stereocenters. The van der Waals surface area contributed by atoms with E-state index in [2.05, 4.69) is 10.3 Å². The van der Waals surface area contributed by atoms with E-state index in [0.717, 1.165) is 11.1 Å². The second-order valence-corrected chi connectivity index (χ2v) is 5.90. The van der Waals surface area contributed by atoms with Crippen molar-refractivity contribution in [2.75, 3.05) is 0 Å². The summed E-state index contributed by atoms with van der Waals surface area (Å²) in [4.78, 5) is 38.5. The van der Waals surface area contributed by atoms with Crippen molar-refractivity contribution < 1.29 is 4.79 Å². The normalized spacial score (nSPS) is 10.8. The van der Waals surface area contributed by atoms with Crippen LogP contribution in [-0.4, -0.2) is 15.5 Å². The van der Waals surface area contributed by atoms with E-state index in [-0.39, 0.29) is 5.91 Å². The van der Waals surface area contributed by atoms with Crippen LogP contribution in [0.15, 0.2) is 52.1 Å². The molecule has 1 heterocycles. The lowest BCUT2D eigenvalue weighted by Crippen LogP contribution is -2.36. The molecule has 6 nitrogen and oxygen atoms in total. The molecule has 0 aliphatic carbocycles. The highest BCUT2D eigenvalue weighted by atomic mass is 16.2. The van der Waals surface area contributed by atoms with Crippen LogP contribution in [0, 0.1) is 6.92 Å². The van der Waals surface area contributed by atoms with Crippen LogP contribution < -0.4 is 16.4 Å². The Labute approximate surface area is 144 Å². The van der Waals surface area contributed by atoms with E-state index >= 15 is 0 Å². The zero-order valence-corrected chi connectivity index (χ0v) is 14.1. The molecule has 3 aromatic rings. The number of hydrogen-bond donors (Lipinski definition) is 2. The maximum atomic E-state index is 12.4. The fourth-order valence-corrected chi connectivity index (χ4v) is 2.72. The van der Waals surface area contributed by atoms with Crippen molar-refractivity contribution >= 4 is 16.9 Å². The van der Waals surface area contributed by atoms with Crippen molar-refractivity contribution in [3.8, 4) is 0 Å². The Balaban J connectivity index is 1.87. The number of carbonyl (C=O) groups is 1. The van der Waals surface area contributed by atoms with Gasteiger partial charge in [-0.3, -0.25) is 14.4 Å². The standard InChI is InChI=1S/C19H19N3O3/c1-3-22-16-9-8-14(10-15(16)21-18(24)19(22)25)17(23)20-11-13-6-4-12(2)5-7-13/h4-10H,3,11H2,1-2H3,(H,20,23)(H,21,24). The van der Waals surface area contributed by atoms with E-state index in [1.807, 2.05) is 31.2 Å². The monoisotopic (exact) mass is 337 g/mol. The first-order valence-electron chi connectivity index (χ1n) is 8.10. The van der Waals surface area contributed by atoms with Crippen molar-refractivity contribution in [2.24, 2.45) is 0 Å². The van der Waals surface area contributed by atoms with Crippen LogP contribution in [0.25, 0.3) is 11.0 Å². The maximum absolute atomic E-state index is 12.4. The highest BCUT2D eigenvalue weighted by molar-refractivity contribution is 5.97. The first-order valence-corrected chi connectivity index (χ1v) is 8.10. The smallest absolute Gasteiger partial charge is 0.316 e. The number of nitrogens with zero attached hydrogens (tertiary/aromatic N) is 1. The van der Waals surface area contributed by atoms with E-state index in [1.165, 1.54) is 4.57 Å². The second kappa shape index (κ2) is 6.76. The first kappa shape index (κ1) is 16.7. The molecule has 2 N–H and O–H groups in total. The van der Waals surface area contributed by atoms with E-state index in [1.54, 1.807) is 25.1 Å². The Morgan fingerprint density at radius 3 is 2.52 bits per heavy atom. The molecule has 128 valence electrons. The minimum absolute atomic E-state index is 0.238. The third-order valence-corrected chi connectivity index (χ3v) is 4.13. The molecule has 0 aliphatic rings. The van der Waals surface area contributed by atoms with Gasteiger partial charge in [0.25, 0.3) is 5.91 Å². The number of rotatable bonds is 4. The molecule has 0 saturated carbocycles. The Hall–Kier alpha value is -3.15. The highest BCUT2D eigenvalue weighted by Crippen LogP contribution is 2.12. The first-order chi connectivity index (χ1) is 12.0. The summed E-state index contributed by atoms with van der Waals surface area (Å²) < 4.78 is 1.39. The molecule has 0 radical (unpaired) electrons. The maximum Gasteiger partial charge on any atom is 0.316 e. The highest BCUT2D eigenvalue weighted by Gasteiger charge is 2.10. The molecule has 1 amide bonds. The van der Waals surface area contributed by atoms with Gasteiger partial charge in [-0.1, -0.05) is 29.8 Å². The number of hydrogen-bond acceptors (Lipinski definition) is 3. The van der Waals surface area contributed by atoms with Crippen LogP contribution in [0.1, 0.15) is 28.4 Å². The van der Waals surface area contributed by atoms with Crippen LogP contribution >= 0.6 is 0 Å². The van der Waals surface area contributed by atoms with Crippen molar-refractivity contribution in [2.45, 2.75) is 26.9 Å². The fraction of sp³-hybridized carbons (Fsp3) is 0.211. The molecule has 0 unspecified atom stereocenters. The predicted molar refractivity (Wildman–Crippen MR) is 96.9 cm³/mol. The Morgan fingerprint density at radius 2 is 1.84 bits per heavy atom. The minimum atomic E-state index is -0.688. The van der Waals surface area contributed by atoms with Gasteiger partial charge in [0, 0.05) is 18.7 Å². The van der Waals surface area contributed by atoms with Crippen molar-refractivity contribution in [3.63, 3.8) is 0 Å². The lowest BCUT2D eigenvalue weighted by Gasteiger charge is -2.09. The van der Waals surface area contributed by atoms with Gasteiger partial charge < -0.3 is 14.9 Å². The molecule has 0 fully saturated rings. The topological polar surface area (TPSA) is 84.0 Å². The number of amides is 1. The molecule has 3 rings (SSSR count). The number of benzene rings is 2. The second-order valence-electron chi connectivity index (χ2n) is 5.90. The number of H-pyrrole nitrogens is 1. The van der Waals surface area contributed by atoms with Crippen LogP contribution in [0.4, 0.5) is 0 Å². The van der Waals surface area contributed by atoms with Gasteiger partial charge in [-0.05, 0) is 37.6 Å². The average molecular weight is 337 g/mol. The van der Waals surface area contributed by atoms with Gasteiger partial charge in [0.1, 0.15) is 0 Å². The summed E-state index contributed by atoms with van der Waals surface area (Å²) in [6, 6.07) is 12.8. The molecule has 25 heavy (non-hydrogen) atoms. The molecule has 6 heteroatoms. The quantitative estimate of drug-likeness (QED) is 0.714. The molecular formula is C19H19N3O3. The number of aromatic amines is 1. The summed E-state index contributed by atoms with van der Waals surface area (Å²) in [5, 5.41) is 2.85. The Kier molecular flexibility index (Phi) is 4.52. The van der Waals surface area contributed by atoms with Crippen LogP contribution in [0.2, 0.25) is 0 Å². The van der Waals surface area contributed by atoms with E-state index < -0.39 is 11.1 Å². The van der Waals surface area contributed by atoms with Gasteiger partial charge in [-0.2, -0.15) is 0 Å². The average Bonchev–Trinajstić information content (AvgIpc) is 2.61. The van der Waals surface area contributed by atoms with Crippen LogP contribution in [-0.2, 0) is 13.1 Å². The minimum Gasteiger partial charge on any atom is -0.348 e. The third-order valence-electron chi connectivity index (χ3n) is 4.13. The Morgan fingerprint density at radius 1 is 1.12 bits per heavy atom. The lowest BCUT2D eigenvalue weighted by atomic mass is 10.1. The summed E-state index contributed by atoms with van der Waals surface area (Å²) in [6.07, 6.45) is 0. The lowest BCUT2D eigenvalue weighted by molar-refractivity contribution is 0.0951. The number of fused-ring (bicyclic) bond motifs is 1. The van der Waals surface area contributed by atoms with Crippen molar-refractivity contribution in [1.82, 2.24) is 14.9 Å². The number of carbonyl (C=O) groups excluding carboxylic acids is 1. The molecule has 1 aromatic heterocycles. The zero-order valence-electron chi connectivity index (χ0n) is 14.1. The van der Waals surface area contributed by atoms with E-state index in [4.69, 9.17) is 0 Å². The summed E-state index contributed by atoms with van der Waals surface area (Å²) in [6.45, 7) is 4.61. The number of aromatic nitrogens is 2. The Bertz CT molecular complexity index is 1050. The van der Waals surface area contributed by atoms with Gasteiger partial charge in [-0.25, -0.2) is 0 Å². The zero-order chi connectivity index (χ0) is 18.0.